The number of nitrogens with two attached hydrogens (primary N) is 1. The molecule has 106 valence electrons. The summed E-state index contributed by atoms with van der Waals surface area (Å²) in [6, 6.07) is 4.52. The Bertz CT molecular complexity index is 621. The van der Waals surface area contributed by atoms with Gasteiger partial charge in [0, 0.05) is 18.8 Å². The molecule has 2 N–H and O–H groups in total. The lowest BCUT2D eigenvalue weighted by Crippen LogP contribution is -2.38. The molecule has 0 aliphatic carbocycles. The second-order valence-corrected chi connectivity index (χ2v) is 5.26. The molecule has 2 aromatic rings. The third-order valence-electron chi connectivity index (χ3n) is 3.81. The number of nitrogens with zero attached hydrogens (tertiary/aromatic N) is 4. The van der Waals surface area contributed by atoms with E-state index in [9.17, 15) is 4.39 Å². The van der Waals surface area contributed by atoms with Crippen LogP contribution in [0.2, 0.25) is 0 Å². The Hall–Kier alpha value is -2.02. The van der Waals surface area contributed by atoms with E-state index >= 15 is 0 Å². The number of halogens is 1. The number of aromatic nitrogens is 4. The van der Waals surface area contributed by atoms with Crippen molar-refractivity contribution in [2.75, 3.05) is 18.9 Å². The van der Waals surface area contributed by atoms with Crippen molar-refractivity contribution < 1.29 is 9.13 Å². The molecule has 0 unspecified atom stereocenters. The van der Waals surface area contributed by atoms with Crippen LogP contribution in [0, 0.1) is 5.82 Å². The van der Waals surface area contributed by atoms with Crippen molar-refractivity contribution in [1.29, 1.82) is 0 Å². The summed E-state index contributed by atoms with van der Waals surface area (Å²) in [7, 11) is 0. The standard InChI is InChI=1S/C13H16FN5O/c1-13(4-6-20-7-5-13)19-12(16-17-18-19)9-2-3-10(14)11(15)8-9/h2-3,8H,4-7,15H2,1H3. The Morgan fingerprint density at radius 3 is 2.80 bits per heavy atom. The molecule has 0 saturated carbocycles. The van der Waals surface area contributed by atoms with Gasteiger partial charge in [-0.2, -0.15) is 0 Å². The summed E-state index contributed by atoms with van der Waals surface area (Å²) in [5.74, 6) is 0.158. The minimum atomic E-state index is -0.440. The van der Waals surface area contributed by atoms with Crippen LogP contribution in [0.15, 0.2) is 18.2 Å². The molecular formula is C13H16FN5O. The van der Waals surface area contributed by atoms with Crippen molar-refractivity contribution in [3.8, 4) is 11.4 Å². The topological polar surface area (TPSA) is 78.9 Å². The lowest BCUT2D eigenvalue weighted by molar-refractivity contribution is 0.0240. The molecule has 7 heteroatoms. The van der Waals surface area contributed by atoms with Gasteiger partial charge in [-0.1, -0.05) is 0 Å². The molecule has 0 bridgehead atoms. The average Bonchev–Trinajstić information content (AvgIpc) is 2.93. The normalized spacial score (nSPS) is 18.1. The highest BCUT2D eigenvalue weighted by Crippen LogP contribution is 2.32. The molecule has 0 amide bonds. The molecule has 1 aliphatic rings. The van der Waals surface area contributed by atoms with Crippen molar-refractivity contribution in [3.63, 3.8) is 0 Å². The first-order valence-electron chi connectivity index (χ1n) is 6.52. The van der Waals surface area contributed by atoms with Gasteiger partial charge in [0.05, 0.1) is 11.2 Å². The van der Waals surface area contributed by atoms with E-state index in [2.05, 4.69) is 22.4 Å². The van der Waals surface area contributed by atoms with E-state index in [1.165, 1.54) is 6.07 Å². The molecular weight excluding hydrogens is 261 g/mol. The van der Waals surface area contributed by atoms with Crippen LogP contribution in [-0.2, 0) is 10.3 Å². The van der Waals surface area contributed by atoms with E-state index in [1.54, 1.807) is 16.8 Å². The largest absolute Gasteiger partial charge is 0.396 e. The van der Waals surface area contributed by atoms with Crippen LogP contribution in [-0.4, -0.2) is 33.4 Å². The summed E-state index contributed by atoms with van der Waals surface area (Å²) >= 11 is 0. The van der Waals surface area contributed by atoms with Gasteiger partial charge in [0.25, 0.3) is 0 Å². The summed E-state index contributed by atoms with van der Waals surface area (Å²) in [6.45, 7) is 3.46. The van der Waals surface area contributed by atoms with Gasteiger partial charge in [0.2, 0.25) is 0 Å². The van der Waals surface area contributed by atoms with Gasteiger partial charge in [0.15, 0.2) is 5.82 Å². The fourth-order valence-electron chi connectivity index (χ4n) is 2.44. The number of nitrogen functional groups attached to an aromatic ring is 1. The van der Waals surface area contributed by atoms with Crippen molar-refractivity contribution >= 4 is 5.69 Å². The molecule has 1 saturated heterocycles. The first-order chi connectivity index (χ1) is 9.60. The number of rotatable bonds is 2. The van der Waals surface area contributed by atoms with Crippen LogP contribution in [0.4, 0.5) is 10.1 Å². The molecule has 0 radical (unpaired) electrons. The lowest BCUT2D eigenvalue weighted by atomic mass is 9.92. The van der Waals surface area contributed by atoms with Gasteiger partial charge in [-0.3, -0.25) is 0 Å². The fraction of sp³-hybridized carbons (Fsp3) is 0.462. The summed E-state index contributed by atoms with van der Waals surface area (Å²) < 4.78 is 20.5. The zero-order valence-electron chi connectivity index (χ0n) is 11.2. The lowest BCUT2D eigenvalue weighted by Gasteiger charge is -2.33. The summed E-state index contributed by atoms with van der Waals surface area (Å²) in [5, 5.41) is 11.9. The number of tetrazole rings is 1. The molecule has 3 rings (SSSR count). The van der Waals surface area contributed by atoms with Crippen molar-refractivity contribution in [3.05, 3.63) is 24.0 Å². The molecule has 1 aromatic heterocycles. The number of hydrogen-bond donors (Lipinski definition) is 1. The van der Waals surface area contributed by atoms with Crippen LogP contribution >= 0.6 is 0 Å². The van der Waals surface area contributed by atoms with E-state index in [0.29, 0.717) is 24.6 Å². The molecule has 1 aliphatic heterocycles. The number of anilines is 1. The van der Waals surface area contributed by atoms with Gasteiger partial charge < -0.3 is 10.5 Å². The van der Waals surface area contributed by atoms with Crippen LogP contribution in [0.5, 0.6) is 0 Å². The minimum Gasteiger partial charge on any atom is -0.396 e. The van der Waals surface area contributed by atoms with E-state index in [-0.39, 0.29) is 11.2 Å². The zero-order valence-corrected chi connectivity index (χ0v) is 11.2. The predicted molar refractivity (Wildman–Crippen MR) is 71.3 cm³/mol. The Morgan fingerprint density at radius 2 is 2.10 bits per heavy atom. The molecule has 6 nitrogen and oxygen atoms in total. The fourth-order valence-corrected chi connectivity index (χ4v) is 2.44. The third kappa shape index (κ3) is 2.14. The maximum absolute atomic E-state index is 13.3. The van der Waals surface area contributed by atoms with E-state index in [1.807, 2.05) is 0 Å². The first kappa shape index (κ1) is 13.0. The molecule has 1 fully saturated rings. The van der Waals surface area contributed by atoms with Crippen molar-refractivity contribution in [1.82, 2.24) is 20.2 Å². The SMILES string of the molecule is CC1(n2nnnc2-c2ccc(F)c(N)c2)CCOCC1. The minimum absolute atomic E-state index is 0.0918. The quantitative estimate of drug-likeness (QED) is 0.843. The van der Waals surface area contributed by atoms with Crippen molar-refractivity contribution in [2.24, 2.45) is 0 Å². The second kappa shape index (κ2) is 4.82. The first-order valence-corrected chi connectivity index (χ1v) is 6.52. The van der Waals surface area contributed by atoms with E-state index in [4.69, 9.17) is 10.5 Å². The second-order valence-electron chi connectivity index (χ2n) is 5.26. The van der Waals surface area contributed by atoms with Gasteiger partial charge in [0.1, 0.15) is 5.82 Å². The van der Waals surface area contributed by atoms with Gasteiger partial charge in [-0.15, -0.1) is 5.10 Å². The van der Waals surface area contributed by atoms with E-state index in [0.717, 1.165) is 12.8 Å². The molecule has 20 heavy (non-hydrogen) atoms. The third-order valence-corrected chi connectivity index (χ3v) is 3.81. The summed E-state index contributed by atoms with van der Waals surface area (Å²) in [4.78, 5) is 0. The molecule has 0 atom stereocenters. The van der Waals surface area contributed by atoms with Crippen LogP contribution in [0.3, 0.4) is 0 Å². The average molecular weight is 277 g/mol. The Balaban J connectivity index is 2.03. The highest BCUT2D eigenvalue weighted by molar-refractivity contribution is 5.61. The summed E-state index contributed by atoms with van der Waals surface area (Å²) in [6.07, 6.45) is 1.67. The Labute approximate surface area is 115 Å². The molecule has 0 spiro atoms. The molecule has 1 aromatic carbocycles. The van der Waals surface area contributed by atoms with Crippen LogP contribution < -0.4 is 5.73 Å². The van der Waals surface area contributed by atoms with Crippen molar-refractivity contribution in [2.45, 2.75) is 25.3 Å². The zero-order chi connectivity index (χ0) is 14.2. The molecule has 2 heterocycles. The highest BCUT2D eigenvalue weighted by atomic mass is 19.1. The highest BCUT2D eigenvalue weighted by Gasteiger charge is 2.33. The Morgan fingerprint density at radius 1 is 1.35 bits per heavy atom. The van der Waals surface area contributed by atoms with E-state index < -0.39 is 5.82 Å². The number of hydrogen-bond acceptors (Lipinski definition) is 5. The maximum Gasteiger partial charge on any atom is 0.182 e. The monoisotopic (exact) mass is 277 g/mol. The van der Waals surface area contributed by atoms with Gasteiger partial charge in [-0.25, -0.2) is 9.07 Å². The summed E-state index contributed by atoms with van der Waals surface area (Å²) in [5.41, 5.74) is 6.22. The van der Waals surface area contributed by atoms with Gasteiger partial charge >= 0.3 is 0 Å². The Kier molecular flexibility index (Phi) is 3.13. The van der Waals surface area contributed by atoms with Crippen LogP contribution in [0.1, 0.15) is 19.8 Å². The smallest absolute Gasteiger partial charge is 0.182 e. The van der Waals surface area contributed by atoms with Crippen LogP contribution in [0.25, 0.3) is 11.4 Å². The number of ether oxygens (including phenoxy) is 1. The predicted octanol–water partition coefficient (Wildman–Crippen LogP) is 1.59. The number of benzene rings is 1. The maximum atomic E-state index is 13.3. The van der Waals surface area contributed by atoms with Gasteiger partial charge in [-0.05, 0) is 48.4 Å².